The topological polar surface area (TPSA) is 61.3 Å². The normalized spacial score (nSPS) is 13.5. The van der Waals surface area contributed by atoms with Gasteiger partial charge in [-0.25, -0.2) is 9.98 Å². The number of alkyl halides is 3. The maximum absolute atomic E-state index is 12.7. The fraction of sp³-hybridized carbons (Fsp3) is 0.474. The van der Waals surface area contributed by atoms with Crippen molar-refractivity contribution in [1.29, 1.82) is 0 Å². The average molecular weight is 414 g/mol. The third-order valence-electron chi connectivity index (χ3n) is 3.98. The number of benzene rings is 1. The number of rotatable bonds is 8. The lowest BCUT2D eigenvalue weighted by Gasteiger charge is -2.25. The number of nitrogens with one attached hydrogen (secondary N) is 3. The molecule has 1 heterocycles. The maximum Gasteiger partial charge on any atom is 0.434 e. The fourth-order valence-electron chi connectivity index (χ4n) is 2.41. The number of aromatic nitrogens is 1. The van der Waals surface area contributed by atoms with E-state index in [0.29, 0.717) is 30.0 Å². The molecule has 0 saturated carbocycles. The summed E-state index contributed by atoms with van der Waals surface area (Å²) in [5.41, 5.74) is 0.167. The van der Waals surface area contributed by atoms with E-state index in [0.717, 1.165) is 22.4 Å². The highest BCUT2D eigenvalue weighted by Gasteiger charge is 2.33. The van der Waals surface area contributed by atoms with Crippen molar-refractivity contribution in [1.82, 2.24) is 15.6 Å². The molecule has 0 fully saturated rings. The Kier molecular flexibility index (Phi) is 8.10. The van der Waals surface area contributed by atoms with Crippen molar-refractivity contribution in [3.63, 3.8) is 0 Å². The van der Waals surface area contributed by atoms with Gasteiger partial charge in [0.1, 0.15) is 5.01 Å². The summed E-state index contributed by atoms with van der Waals surface area (Å²) < 4.78 is 38.0. The minimum Gasteiger partial charge on any atom is -0.380 e. The van der Waals surface area contributed by atoms with Gasteiger partial charge in [0.05, 0.1) is 6.54 Å². The van der Waals surface area contributed by atoms with Crippen LogP contribution in [0.2, 0.25) is 0 Å². The third-order valence-corrected chi connectivity index (χ3v) is 4.81. The molecule has 0 radical (unpaired) electrons. The molecule has 3 N–H and O–H groups in total. The first-order chi connectivity index (χ1) is 13.3. The van der Waals surface area contributed by atoms with Crippen LogP contribution in [0.1, 0.15) is 31.5 Å². The van der Waals surface area contributed by atoms with E-state index in [1.807, 2.05) is 37.3 Å². The number of thiazole rings is 1. The summed E-state index contributed by atoms with van der Waals surface area (Å²) in [5.74, 6) is 0.913. The lowest BCUT2D eigenvalue weighted by Crippen LogP contribution is -2.44. The van der Waals surface area contributed by atoms with Crippen molar-refractivity contribution in [3.05, 3.63) is 46.4 Å². The predicted octanol–water partition coefficient (Wildman–Crippen LogP) is 4.35. The number of anilines is 1. The number of halogens is 3. The summed E-state index contributed by atoms with van der Waals surface area (Å²) in [4.78, 5) is 7.98. The van der Waals surface area contributed by atoms with Gasteiger partial charge in [0, 0.05) is 30.2 Å². The van der Waals surface area contributed by atoms with Crippen LogP contribution in [0.4, 0.5) is 18.9 Å². The average Bonchev–Trinajstić information content (AvgIpc) is 3.13. The Labute approximate surface area is 167 Å². The summed E-state index contributed by atoms with van der Waals surface area (Å²) in [6, 6.07) is 10.1. The van der Waals surface area contributed by atoms with E-state index in [4.69, 9.17) is 0 Å². The Hall–Kier alpha value is -2.29. The third kappa shape index (κ3) is 7.03. The van der Waals surface area contributed by atoms with Crippen LogP contribution in [0.5, 0.6) is 0 Å². The van der Waals surface area contributed by atoms with E-state index < -0.39 is 11.9 Å². The molecule has 9 heteroatoms. The van der Waals surface area contributed by atoms with Crippen molar-refractivity contribution in [2.75, 3.05) is 18.4 Å². The molecule has 0 aliphatic heterocycles. The zero-order valence-corrected chi connectivity index (χ0v) is 17.0. The number of hydrogen-bond acceptors (Lipinski definition) is 4. The molecule has 5 nitrogen and oxygen atoms in total. The molecule has 2 aromatic rings. The molecule has 1 aromatic heterocycles. The van der Waals surface area contributed by atoms with E-state index in [1.165, 1.54) is 0 Å². The fourth-order valence-corrected chi connectivity index (χ4v) is 3.13. The molecule has 1 aromatic carbocycles. The standard InChI is InChI=1S/C19H26F3N5S/c1-4-23-18(25-11-17-27-16(12-28-17)19(20,21)22)24-10-15(13(2)3)26-14-8-6-5-7-9-14/h5-9,12-13,15,26H,4,10-11H2,1-3H3,(H2,23,24,25). The number of hydrogen-bond donors (Lipinski definition) is 3. The van der Waals surface area contributed by atoms with Crippen LogP contribution in [-0.2, 0) is 12.7 Å². The zero-order chi connectivity index (χ0) is 20.6. The molecule has 2 rings (SSSR count). The van der Waals surface area contributed by atoms with E-state index in [2.05, 4.69) is 39.8 Å². The predicted molar refractivity (Wildman–Crippen MR) is 109 cm³/mol. The summed E-state index contributed by atoms with van der Waals surface area (Å²) in [7, 11) is 0. The maximum atomic E-state index is 12.7. The lowest BCUT2D eigenvalue weighted by molar-refractivity contribution is -0.140. The van der Waals surface area contributed by atoms with Gasteiger partial charge in [-0.05, 0) is 25.0 Å². The van der Waals surface area contributed by atoms with E-state index in [1.54, 1.807) is 0 Å². The highest BCUT2D eigenvalue weighted by molar-refractivity contribution is 7.09. The van der Waals surface area contributed by atoms with Crippen LogP contribution in [-0.4, -0.2) is 30.1 Å². The largest absolute Gasteiger partial charge is 0.434 e. The van der Waals surface area contributed by atoms with Crippen molar-refractivity contribution < 1.29 is 13.2 Å². The van der Waals surface area contributed by atoms with Crippen molar-refractivity contribution >= 4 is 23.0 Å². The first-order valence-electron chi connectivity index (χ1n) is 9.15. The molecule has 0 aliphatic carbocycles. The Morgan fingerprint density at radius 3 is 2.46 bits per heavy atom. The Morgan fingerprint density at radius 1 is 1.18 bits per heavy atom. The zero-order valence-electron chi connectivity index (χ0n) is 16.2. The van der Waals surface area contributed by atoms with Gasteiger partial charge in [-0.2, -0.15) is 13.2 Å². The number of nitrogens with zero attached hydrogens (tertiary/aromatic N) is 2. The van der Waals surface area contributed by atoms with Gasteiger partial charge in [0.2, 0.25) is 0 Å². The van der Waals surface area contributed by atoms with Crippen LogP contribution in [0, 0.1) is 5.92 Å². The second-order valence-corrected chi connectivity index (χ2v) is 7.50. The molecule has 1 unspecified atom stereocenters. The number of guanidine groups is 1. The van der Waals surface area contributed by atoms with Gasteiger partial charge >= 0.3 is 6.18 Å². The van der Waals surface area contributed by atoms with E-state index >= 15 is 0 Å². The molecule has 28 heavy (non-hydrogen) atoms. The first-order valence-corrected chi connectivity index (χ1v) is 10.0. The van der Waals surface area contributed by atoms with Gasteiger partial charge in [-0.1, -0.05) is 32.0 Å². The Morgan fingerprint density at radius 2 is 1.89 bits per heavy atom. The molecule has 0 spiro atoms. The lowest BCUT2D eigenvalue weighted by atomic mass is 10.0. The van der Waals surface area contributed by atoms with Crippen LogP contribution < -0.4 is 16.0 Å². The Balaban J connectivity index is 1.98. The number of para-hydroxylation sites is 1. The summed E-state index contributed by atoms with van der Waals surface area (Å²) in [5, 5.41) is 11.2. The summed E-state index contributed by atoms with van der Waals surface area (Å²) in [6.45, 7) is 7.54. The van der Waals surface area contributed by atoms with Crippen LogP contribution in [0.3, 0.4) is 0 Å². The van der Waals surface area contributed by atoms with Gasteiger partial charge in [0.15, 0.2) is 11.7 Å². The molecular weight excluding hydrogens is 387 g/mol. The van der Waals surface area contributed by atoms with Gasteiger partial charge in [-0.15, -0.1) is 11.3 Å². The SMILES string of the molecule is CCNC(=NCc1nc(C(F)(F)F)cs1)NCC(Nc1ccccc1)C(C)C. The second-order valence-electron chi connectivity index (χ2n) is 6.56. The van der Waals surface area contributed by atoms with Gasteiger partial charge < -0.3 is 16.0 Å². The quantitative estimate of drug-likeness (QED) is 0.445. The van der Waals surface area contributed by atoms with Crippen LogP contribution in [0.15, 0.2) is 40.7 Å². The first kappa shape index (κ1) is 22.0. The van der Waals surface area contributed by atoms with Crippen LogP contribution in [0.25, 0.3) is 0 Å². The molecule has 0 bridgehead atoms. The van der Waals surface area contributed by atoms with Crippen LogP contribution >= 0.6 is 11.3 Å². The second kappa shape index (κ2) is 10.3. The molecule has 1 atom stereocenters. The van der Waals surface area contributed by atoms with Crippen molar-refractivity contribution in [2.24, 2.45) is 10.9 Å². The Bertz CT molecular complexity index is 744. The number of aliphatic imine (C=N–C) groups is 1. The minimum atomic E-state index is -4.42. The summed E-state index contributed by atoms with van der Waals surface area (Å²) >= 11 is 0.961. The highest BCUT2D eigenvalue weighted by atomic mass is 32.1. The monoisotopic (exact) mass is 413 g/mol. The van der Waals surface area contributed by atoms with Gasteiger partial charge in [0.25, 0.3) is 0 Å². The van der Waals surface area contributed by atoms with Crippen molar-refractivity contribution in [3.8, 4) is 0 Å². The highest BCUT2D eigenvalue weighted by Crippen LogP contribution is 2.30. The molecular formula is C19H26F3N5S. The molecule has 0 saturated heterocycles. The molecule has 0 amide bonds. The van der Waals surface area contributed by atoms with Crippen molar-refractivity contribution in [2.45, 2.75) is 39.5 Å². The molecule has 154 valence electrons. The minimum absolute atomic E-state index is 0.0918. The van der Waals surface area contributed by atoms with Gasteiger partial charge in [-0.3, -0.25) is 0 Å². The van der Waals surface area contributed by atoms with E-state index in [9.17, 15) is 13.2 Å². The molecule has 0 aliphatic rings. The summed E-state index contributed by atoms with van der Waals surface area (Å²) in [6.07, 6.45) is -4.42. The van der Waals surface area contributed by atoms with E-state index in [-0.39, 0.29) is 12.6 Å². The smallest absolute Gasteiger partial charge is 0.380 e.